The van der Waals surface area contributed by atoms with Gasteiger partial charge < -0.3 is 15.4 Å². The van der Waals surface area contributed by atoms with Gasteiger partial charge in [0.05, 0.1) is 13.2 Å². The molecule has 0 aromatic heterocycles. The third-order valence-electron chi connectivity index (χ3n) is 2.87. The third-order valence-corrected chi connectivity index (χ3v) is 3.47. The Labute approximate surface area is 108 Å². The van der Waals surface area contributed by atoms with Crippen LogP contribution in [0.25, 0.3) is 0 Å². The minimum atomic E-state index is -0.173. The van der Waals surface area contributed by atoms with E-state index in [1.807, 2.05) is 48.5 Å². The Balaban J connectivity index is 2.20. The van der Waals surface area contributed by atoms with Crippen LogP contribution in [0, 0.1) is 0 Å². The van der Waals surface area contributed by atoms with Crippen molar-refractivity contribution >= 4 is 14.1 Å². The third kappa shape index (κ3) is 2.88. The Morgan fingerprint density at radius 2 is 1.50 bits per heavy atom. The van der Waals surface area contributed by atoms with Crippen LogP contribution in [0.5, 0.6) is 5.75 Å². The highest BCUT2D eigenvalue weighted by Gasteiger charge is 2.08. The number of hydrogen-bond acceptors (Lipinski definition) is 3. The molecule has 0 saturated heterocycles. The predicted octanol–water partition coefficient (Wildman–Crippen LogP) is 1.95. The summed E-state index contributed by atoms with van der Waals surface area (Å²) >= 11 is 0. The summed E-state index contributed by atoms with van der Waals surface area (Å²) in [6.07, 6.45) is 0. The maximum Gasteiger partial charge on any atom is 0.118 e. The molecule has 0 aliphatic carbocycles. The van der Waals surface area contributed by atoms with Crippen LogP contribution in [0.4, 0.5) is 0 Å². The molecule has 0 fully saturated rings. The molecule has 94 valence electrons. The van der Waals surface area contributed by atoms with Crippen LogP contribution in [0.3, 0.4) is 0 Å². The molecule has 0 aliphatic rings. The molecule has 3 nitrogen and oxygen atoms in total. The number of hydrogen-bond donors (Lipinski definition) is 2. The molecule has 2 aromatic carbocycles. The van der Waals surface area contributed by atoms with Crippen LogP contribution in [-0.4, -0.2) is 12.0 Å². The number of methoxy groups -OCH3 is 1. The molecule has 2 rings (SSSR count). The van der Waals surface area contributed by atoms with Gasteiger partial charge in [0.25, 0.3) is 0 Å². The Hall–Kier alpha value is -1.41. The highest BCUT2D eigenvalue weighted by atomic mass is 31.1. The van der Waals surface area contributed by atoms with Gasteiger partial charge in [0.15, 0.2) is 0 Å². The van der Waals surface area contributed by atoms with Crippen LogP contribution in [0.15, 0.2) is 48.5 Å². The molecule has 0 spiro atoms. The van der Waals surface area contributed by atoms with Crippen molar-refractivity contribution in [3.63, 3.8) is 0 Å². The molecule has 3 N–H and O–H groups in total. The van der Waals surface area contributed by atoms with Crippen molar-refractivity contribution in [3.05, 3.63) is 59.7 Å². The Morgan fingerprint density at radius 3 is 1.94 bits per heavy atom. The second-order valence-corrected chi connectivity index (χ2v) is 4.79. The summed E-state index contributed by atoms with van der Waals surface area (Å²) in [6.45, 7) is 0. The number of nitrogens with two attached hydrogens (primary N) is 1. The second-order valence-electron chi connectivity index (χ2n) is 3.98. The molecule has 2 unspecified atom stereocenters. The lowest BCUT2D eigenvalue weighted by Crippen LogP contribution is -2.12. The summed E-state index contributed by atoms with van der Waals surface area (Å²) in [5, 5.41) is 0.917. The van der Waals surface area contributed by atoms with Crippen molar-refractivity contribution in [2.75, 3.05) is 7.11 Å². The standard InChI is InChI=1S/C14H16NO2P/c1-17-12-6-2-10(3-7-12)14(15)11-4-8-13(18-16)9-5-11/h2-9,14,16,18H,15H2,1H3. The molecule has 0 saturated carbocycles. The normalized spacial score (nSPS) is 12.8. The van der Waals surface area contributed by atoms with Crippen LogP contribution >= 0.6 is 8.81 Å². The van der Waals surface area contributed by atoms with Gasteiger partial charge in [-0.25, -0.2) is 0 Å². The summed E-state index contributed by atoms with van der Waals surface area (Å²) in [4.78, 5) is 9.02. The lowest BCUT2D eigenvalue weighted by Gasteiger charge is -2.13. The van der Waals surface area contributed by atoms with E-state index in [1.165, 1.54) is 0 Å². The summed E-state index contributed by atoms with van der Waals surface area (Å²) in [5.74, 6) is 0.822. The smallest absolute Gasteiger partial charge is 0.118 e. The lowest BCUT2D eigenvalue weighted by molar-refractivity contribution is 0.414. The summed E-state index contributed by atoms with van der Waals surface area (Å²) in [5.41, 5.74) is 8.27. The van der Waals surface area contributed by atoms with Crippen LogP contribution in [0.2, 0.25) is 0 Å². The van der Waals surface area contributed by atoms with E-state index >= 15 is 0 Å². The maximum atomic E-state index is 9.02. The molecular weight excluding hydrogens is 245 g/mol. The molecule has 2 atom stereocenters. The monoisotopic (exact) mass is 261 g/mol. The second kappa shape index (κ2) is 5.96. The zero-order chi connectivity index (χ0) is 13.0. The van der Waals surface area contributed by atoms with Crippen molar-refractivity contribution in [1.82, 2.24) is 0 Å². The van der Waals surface area contributed by atoms with E-state index in [0.29, 0.717) is 0 Å². The van der Waals surface area contributed by atoms with Crippen LogP contribution in [0.1, 0.15) is 17.2 Å². The average Bonchev–Trinajstić information content (AvgIpc) is 2.47. The van der Waals surface area contributed by atoms with Gasteiger partial charge in [0.1, 0.15) is 5.75 Å². The van der Waals surface area contributed by atoms with Gasteiger partial charge in [0, 0.05) is 8.81 Å². The van der Waals surface area contributed by atoms with Crippen molar-refractivity contribution in [3.8, 4) is 5.75 Å². The quantitative estimate of drug-likeness (QED) is 0.827. The fourth-order valence-corrected chi connectivity index (χ4v) is 2.08. The van der Waals surface area contributed by atoms with Gasteiger partial charge in [0.2, 0.25) is 0 Å². The van der Waals surface area contributed by atoms with Crippen molar-refractivity contribution in [1.29, 1.82) is 0 Å². The van der Waals surface area contributed by atoms with Gasteiger partial charge in [-0.15, -0.1) is 0 Å². The number of benzene rings is 2. The van der Waals surface area contributed by atoms with Gasteiger partial charge in [-0.05, 0) is 28.6 Å². The first kappa shape index (κ1) is 13.0. The van der Waals surface area contributed by atoms with E-state index in [0.717, 1.165) is 22.2 Å². The Bertz CT molecular complexity index is 449. The van der Waals surface area contributed by atoms with Crippen molar-refractivity contribution in [2.45, 2.75) is 6.04 Å². The van der Waals surface area contributed by atoms with Gasteiger partial charge in [-0.3, -0.25) is 0 Å². The van der Waals surface area contributed by atoms with Crippen LogP contribution < -0.4 is 15.8 Å². The van der Waals surface area contributed by atoms with E-state index in [-0.39, 0.29) is 14.8 Å². The van der Waals surface area contributed by atoms with Crippen molar-refractivity contribution in [2.24, 2.45) is 5.73 Å². The summed E-state index contributed by atoms with van der Waals surface area (Å²) < 4.78 is 5.12. The highest BCUT2D eigenvalue weighted by molar-refractivity contribution is 7.40. The van der Waals surface area contributed by atoms with Gasteiger partial charge >= 0.3 is 0 Å². The van der Waals surface area contributed by atoms with Gasteiger partial charge in [-0.1, -0.05) is 36.4 Å². The Kier molecular flexibility index (Phi) is 4.32. The van der Waals surface area contributed by atoms with E-state index in [1.54, 1.807) is 7.11 Å². The predicted molar refractivity (Wildman–Crippen MR) is 75.6 cm³/mol. The summed E-state index contributed by atoms with van der Waals surface area (Å²) in [7, 11) is 1.47. The minimum absolute atomic E-state index is 0.160. The van der Waals surface area contributed by atoms with E-state index in [2.05, 4.69) is 0 Å². The SMILES string of the molecule is COc1ccc(C(N)c2ccc(PO)cc2)cc1. The van der Waals surface area contributed by atoms with E-state index in [9.17, 15) is 0 Å². The maximum absolute atomic E-state index is 9.02. The molecule has 0 amide bonds. The molecule has 4 heteroatoms. The fraction of sp³-hybridized carbons (Fsp3) is 0.143. The highest BCUT2D eigenvalue weighted by Crippen LogP contribution is 2.22. The molecule has 0 bridgehead atoms. The van der Waals surface area contributed by atoms with Gasteiger partial charge in [-0.2, -0.15) is 0 Å². The summed E-state index contributed by atoms with van der Waals surface area (Å²) in [6, 6.07) is 15.3. The molecule has 18 heavy (non-hydrogen) atoms. The molecular formula is C14H16NO2P. The Morgan fingerprint density at radius 1 is 1.00 bits per heavy atom. The van der Waals surface area contributed by atoms with Crippen molar-refractivity contribution < 1.29 is 9.63 Å². The number of rotatable bonds is 4. The largest absolute Gasteiger partial charge is 0.497 e. The van der Waals surface area contributed by atoms with Crippen LogP contribution in [-0.2, 0) is 0 Å². The molecule has 0 radical (unpaired) electrons. The van der Waals surface area contributed by atoms with E-state index in [4.69, 9.17) is 15.4 Å². The molecule has 0 aliphatic heterocycles. The topological polar surface area (TPSA) is 55.5 Å². The first-order valence-corrected chi connectivity index (χ1v) is 6.59. The fourth-order valence-electron chi connectivity index (χ4n) is 1.77. The number of ether oxygens (including phenoxy) is 1. The first-order chi connectivity index (χ1) is 8.74. The lowest BCUT2D eigenvalue weighted by atomic mass is 10.00. The molecule has 2 aromatic rings. The zero-order valence-electron chi connectivity index (χ0n) is 10.1. The first-order valence-electron chi connectivity index (χ1n) is 5.64. The molecule has 0 heterocycles. The average molecular weight is 261 g/mol. The minimum Gasteiger partial charge on any atom is -0.497 e. The van der Waals surface area contributed by atoms with E-state index < -0.39 is 0 Å². The zero-order valence-corrected chi connectivity index (χ0v) is 11.1.